The standard InChI is InChI=1S/C52H95N5O24/c1-32-43(66)46(69)35(26-58)79-49(32)76-20-7-16-54-39(62)12-23-73-29-52(57-42(65)11-5-10-38(61)53-15-6-19-72-4,30-74-24-13-40(63)55-17-8-21-77-50-33(2)44(67)47(70)36(27-59)80-50)31-75-25-14-41(64)56-18-9-22-78-51-34(3)45(68)48(71)37(28-60)81-51/h32-37,43-51,58-60,66-71H,5-31H2,1-4H3,(H,53,61)(H,54,62)(H,55,63)(H,56,64)(H,57,65)/t32?,33?,34?,35?,36?,37?,43-,44-,45-,46?,47?,48?,49-,50-,51-,52?/m1/s1. The largest absolute Gasteiger partial charge is 0.394 e. The Bertz CT molecular complexity index is 1620. The molecule has 9 unspecified atom stereocenters. The molecule has 29 nitrogen and oxygen atoms in total. The van der Waals surface area contributed by atoms with Gasteiger partial charge in [0.1, 0.15) is 42.2 Å². The van der Waals surface area contributed by atoms with Crippen LogP contribution in [0.2, 0.25) is 0 Å². The fourth-order valence-corrected chi connectivity index (χ4v) is 8.83. The molecule has 3 aliphatic heterocycles. The lowest BCUT2D eigenvalue weighted by molar-refractivity contribution is -0.282. The zero-order chi connectivity index (χ0) is 59.7. The third kappa shape index (κ3) is 26.2. The first-order valence-corrected chi connectivity index (χ1v) is 28.1. The van der Waals surface area contributed by atoms with Gasteiger partial charge in [0, 0.05) is 89.8 Å². The van der Waals surface area contributed by atoms with Gasteiger partial charge in [0.05, 0.1) is 97.6 Å². The van der Waals surface area contributed by atoms with E-state index in [1.165, 1.54) is 0 Å². The number of ether oxygens (including phenoxy) is 10. The molecule has 0 saturated carbocycles. The van der Waals surface area contributed by atoms with Gasteiger partial charge in [-0.15, -0.1) is 0 Å². The molecule has 29 heteroatoms. The van der Waals surface area contributed by atoms with Crippen LogP contribution in [-0.4, -0.2) is 274 Å². The van der Waals surface area contributed by atoms with Gasteiger partial charge in [-0.2, -0.15) is 0 Å². The predicted molar refractivity (Wildman–Crippen MR) is 282 cm³/mol. The van der Waals surface area contributed by atoms with Crippen molar-refractivity contribution in [2.75, 3.05) is 119 Å². The lowest BCUT2D eigenvalue weighted by Gasteiger charge is -2.40. The van der Waals surface area contributed by atoms with Gasteiger partial charge >= 0.3 is 0 Å². The molecule has 3 fully saturated rings. The quantitative estimate of drug-likeness (QED) is 0.0255. The van der Waals surface area contributed by atoms with Crippen molar-refractivity contribution >= 4 is 29.5 Å². The highest BCUT2D eigenvalue weighted by atomic mass is 16.7. The third-order valence-electron chi connectivity index (χ3n) is 14.0. The molecule has 3 heterocycles. The SMILES string of the molecule is COCCCNC(=O)CCCC(=O)NC(COCCC(=O)NCCCO[C@@H]1OC(CO)C(O)[C@H](O)C1C)(COCCC(=O)NCCCO[C@@H]1OC(CO)C(O)[C@H](O)C1C)COCCC(=O)NCCCO[C@@H]1OC(CO)C(O)[C@H](O)C1C. The molecular weight excluding hydrogens is 1080 g/mol. The molecule has 5 amide bonds. The molecular formula is C52H95N5O24. The van der Waals surface area contributed by atoms with Gasteiger partial charge in [-0.1, -0.05) is 20.8 Å². The Hall–Kier alpha value is -3.41. The van der Waals surface area contributed by atoms with Gasteiger partial charge in [-0.3, -0.25) is 24.0 Å². The Morgan fingerprint density at radius 2 is 0.704 bits per heavy atom. The van der Waals surface area contributed by atoms with Crippen LogP contribution in [0.1, 0.15) is 85.0 Å². The molecule has 0 aromatic rings. The zero-order valence-electron chi connectivity index (χ0n) is 47.4. The van der Waals surface area contributed by atoms with Crippen LogP contribution in [0.15, 0.2) is 0 Å². The highest BCUT2D eigenvalue weighted by Crippen LogP contribution is 2.29. The minimum absolute atomic E-state index is 0.0569. The van der Waals surface area contributed by atoms with Crippen molar-refractivity contribution in [1.29, 1.82) is 0 Å². The van der Waals surface area contributed by atoms with E-state index >= 15 is 0 Å². The fraction of sp³-hybridized carbons (Fsp3) is 0.904. The maximum Gasteiger partial charge on any atom is 0.222 e. The highest BCUT2D eigenvalue weighted by molar-refractivity contribution is 5.79. The van der Waals surface area contributed by atoms with E-state index in [1.54, 1.807) is 27.9 Å². The van der Waals surface area contributed by atoms with Crippen LogP contribution in [-0.2, 0) is 71.3 Å². The maximum absolute atomic E-state index is 13.6. The summed E-state index contributed by atoms with van der Waals surface area (Å²) in [5.74, 6) is -3.58. The molecule has 3 aliphatic rings. The summed E-state index contributed by atoms with van der Waals surface area (Å²) in [6.45, 7) is 4.13. The lowest BCUT2D eigenvalue weighted by Crippen LogP contribution is -2.58. The van der Waals surface area contributed by atoms with Crippen LogP contribution in [0.25, 0.3) is 0 Å². The summed E-state index contributed by atoms with van der Waals surface area (Å²) in [6.07, 6.45) is -11.4. The van der Waals surface area contributed by atoms with E-state index in [9.17, 15) is 69.9 Å². The number of carbonyl (C=O) groups excluding carboxylic acids is 5. The molecule has 0 spiro atoms. The number of hydrogen-bond acceptors (Lipinski definition) is 24. The van der Waals surface area contributed by atoms with Crippen molar-refractivity contribution in [2.45, 2.75) is 164 Å². The minimum atomic E-state index is -1.44. The second-order valence-corrected chi connectivity index (χ2v) is 20.7. The van der Waals surface area contributed by atoms with Crippen molar-refractivity contribution in [3.8, 4) is 0 Å². The van der Waals surface area contributed by atoms with Crippen LogP contribution in [0.4, 0.5) is 0 Å². The first kappa shape index (κ1) is 71.9. The minimum Gasteiger partial charge on any atom is -0.394 e. The van der Waals surface area contributed by atoms with E-state index in [0.717, 1.165) is 0 Å². The van der Waals surface area contributed by atoms with E-state index in [1.807, 2.05) is 0 Å². The molecule has 3 rings (SSSR count). The number of amides is 5. The number of methoxy groups -OCH3 is 1. The molecule has 81 heavy (non-hydrogen) atoms. The molecule has 15 atom stereocenters. The Kier molecular flexibility index (Phi) is 35.5. The van der Waals surface area contributed by atoms with Crippen molar-refractivity contribution < 1.29 is 117 Å². The number of nitrogens with one attached hydrogen (secondary N) is 5. The molecule has 3 saturated heterocycles. The second-order valence-electron chi connectivity index (χ2n) is 20.7. The summed E-state index contributed by atoms with van der Waals surface area (Å²) in [4.78, 5) is 64.7. The zero-order valence-corrected chi connectivity index (χ0v) is 47.4. The number of hydrogen-bond donors (Lipinski definition) is 14. The summed E-state index contributed by atoms with van der Waals surface area (Å²) < 4.78 is 56.9. The van der Waals surface area contributed by atoms with Crippen molar-refractivity contribution in [2.24, 2.45) is 17.8 Å². The number of aliphatic hydroxyl groups is 9. The predicted octanol–water partition coefficient (Wildman–Crippen LogP) is -4.82. The molecule has 0 radical (unpaired) electrons. The van der Waals surface area contributed by atoms with Gasteiger partial charge in [0.15, 0.2) is 18.9 Å². The van der Waals surface area contributed by atoms with Crippen molar-refractivity contribution in [3.63, 3.8) is 0 Å². The van der Waals surface area contributed by atoms with Crippen LogP contribution in [0.5, 0.6) is 0 Å². The molecule has 472 valence electrons. The van der Waals surface area contributed by atoms with Crippen LogP contribution in [0, 0.1) is 17.8 Å². The van der Waals surface area contributed by atoms with E-state index in [-0.39, 0.29) is 141 Å². The molecule has 0 bridgehead atoms. The Labute approximate surface area is 473 Å². The third-order valence-corrected chi connectivity index (χ3v) is 14.0. The summed E-state index contributed by atoms with van der Waals surface area (Å²) in [7, 11) is 1.56. The molecule has 0 aromatic carbocycles. The number of carbonyl (C=O) groups is 5. The van der Waals surface area contributed by atoms with E-state index in [4.69, 9.17) is 47.4 Å². The Morgan fingerprint density at radius 3 is 1.01 bits per heavy atom. The topological polar surface area (TPSA) is 420 Å². The second kappa shape index (κ2) is 40.0. The van der Waals surface area contributed by atoms with Crippen molar-refractivity contribution in [3.05, 3.63) is 0 Å². The van der Waals surface area contributed by atoms with E-state index < -0.39 is 123 Å². The number of rotatable bonds is 42. The smallest absolute Gasteiger partial charge is 0.222 e. The Morgan fingerprint density at radius 1 is 0.407 bits per heavy atom. The first-order chi connectivity index (χ1) is 38.8. The lowest BCUT2D eigenvalue weighted by atomic mass is 9.92. The summed E-state index contributed by atoms with van der Waals surface area (Å²) in [6, 6.07) is 0. The molecule has 0 aliphatic carbocycles. The van der Waals surface area contributed by atoms with Gasteiger partial charge < -0.3 is 120 Å². The summed E-state index contributed by atoms with van der Waals surface area (Å²) >= 11 is 0. The van der Waals surface area contributed by atoms with E-state index in [0.29, 0.717) is 38.8 Å². The summed E-state index contributed by atoms with van der Waals surface area (Å²) in [5.41, 5.74) is -1.44. The molecule has 14 N–H and O–H groups in total. The maximum atomic E-state index is 13.6. The van der Waals surface area contributed by atoms with Gasteiger partial charge in [0.2, 0.25) is 29.5 Å². The number of aliphatic hydroxyl groups excluding tert-OH is 9. The van der Waals surface area contributed by atoms with Gasteiger partial charge in [-0.25, -0.2) is 0 Å². The van der Waals surface area contributed by atoms with Crippen LogP contribution < -0.4 is 26.6 Å². The normalized spacial score (nSPS) is 29.3. The monoisotopic (exact) mass is 1170 g/mol. The van der Waals surface area contributed by atoms with Crippen molar-refractivity contribution in [1.82, 2.24) is 26.6 Å². The highest BCUT2D eigenvalue weighted by Gasteiger charge is 2.45. The van der Waals surface area contributed by atoms with Gasteiger partial charge in [0.25, 0.3) is 0 Å². The molecule has 0 aromatic heterocycles. The average molecular weight is 1170 g/mol. The average Bonchev–Trinajstić information content (AvgIpc) is 3.46. The Balaban J connectivity index is 1.59. The van der Waals surface area contributed by atoms with Crippen LogP contribution in [0.3, 0.4) is 0 Å². The van der Waals surface area contributed by atoms with Crippen LogP contribution >= 0.6 is 0 Å². The van der Waals surface area contributed by atoms with E-state index in [2.05, 4.69) is 26.6 Å². The summed E-state index contributed by atoms with van der Waals surface area (Å²) in [5, 5.41) is 104. The fourth-order valence-electron chi connectivity index (χ4n) is 8.83. The first-order valence-electron chi connectivity index (χ1n) is 28.1. The van der Waals surface area contributed by atoms with Gasteiger partial charge in [-0.05, 0) is 32.1 Å².